The Morgan fingerprint density at radius 1 is 0.789 bits per heavy atom. The Hall–Kier alpha value is -2.68. The maximum atomic E-state index is 12.2. The number of rotatable bonds is 3. The number of furan rings is 1. The van der Waals surface area contributed by atoms with Crippen LogP contribution in [0, 0.1) is 0 Å². The number of fused-ring (bicyclic) bond motifs is 1. The zero-order chi connectivity index (χ0) is 13.2. The third-order valence-electron chi connectivity index (χ3n) is 2.97. The lowest BCUT2D eigenvalue weighted by atomic mass is 10.0. The molecule has 3 heteroatoms. The van der Waals surface area contributed by atoms with E-state index in [-0.39, 0.29) is 0 Å². The topological polar surface area (TPSA) is 47.3 Å². The van der Waals surface area contributed by atoms with E-state index in [1.165, 1.54) is 6.26 Å². The first kappa shape index (κ1) is 11.4. The predicted molar refractivity (Wildman–Crippen MR) is 71.3 cm³/mol. The predicted octanol–water partition coefficient (Wildman–Crippen LogP) is 3.50. The first-order valence-corrected chi connectivity index (χ1v) is 5.87. The lowest BCUT2D eigenvalue weighted by Gasteiger charge is -1.98. The highest BCUT2D eigenvalue weighted by molar-refractivity contribution is 6.50. The molecule has 2 aromatic carbocycles. The molecule has 0 aliphatic rings. The van der Waals surface area contributed by atoms with Crippen LogP contribution in [0.4, 0.5) is 0 Å². The van der Waals surface area contributed by atoms with E-state index in [0.717, 1.165) is 0 Å². The van der Waals surface area contributed by atoms with Crippen molar-refractivity contribution in [1.29, 1.82) is 0 Å². The second-order valence-electron chi connectivity index (χ2n) is 4.17. The van der Waals surface area contributed by atoms with Crippen molar-refractivity contribution in [3.05, 3.63) is 72.0 Å². The van der Waals surface area contributed by atoms with Crippen molar-refractivity contribution in [3.8, 4) is 0 Å². The summed E-state index contributed by atoms with van der Waals surface area (Å²) in [5, 5.41) is 0.664. The third kappa shape index (κ3) is 1.95. The van der Waals surface area contributed by atoms with Gasteiger partial charge in [-0.05, 0) is 6.07 Å². The van der Waals surface area contributed by atoms with Gasteiger partial charge in [-0.1, -0.05) is 48.5 Å². The van der Waals surface area contributed by atoms with Crippen molar-refractivity contribution in [2.24, 2.45) is 0 Å². The van der Waals surface area contributed by atoms with E-state index in [1.807, 2.05) is 12.1 Å². The molecule has 0 aliphatic heterocycles. The molecule has 0 saturated carbocycles. The fourth-order valence-electron chi connectivity index (χ4n) is 2.00. The van der Waals surface area contributed by atoms with E-state index in [0.29, 0.717) is 22.1 Å². The van der Waals surface area contributed by atoms with Crippen LogP contribution in [0.1, 0.15) is 20.7 Å². The summed E-state index contributed by atoms with van der Waals surface area (Å²) >= 11 is 0. The molecule has 0 unspecified atom stereocenters. The molecule has 0 saturated heterocycles. The summed E-state index contributed by atoms with van der Waals surface area (Å²) in [6, 6.07) is 15.7. The van der Waals surface area contributed by atoms with Crippen molar-refractivity contribution in [3.63, 3.8) is 0 Å². The van der Waals surface area contributed by atoms with E-state index >= 15 is 0 Å². The summed E-state index contributed by atoms with van der Waals surface area (Å²) in [5.41, 5.74) is 1.30. The van der Waals surface area contributed by atoms with Gasteiger partial charge in [0, 0.05) is 10.9 Å². The van der Waals surface area contributed by atoms with Crippen molar-refractivity contribution < 1.29 is 14.0 Å². The van der Waals surface area contributed by atoms with Crippen LogP contribution in [0.3, 0.4) is 0 Å². The van der Waals surface area contributed by atoms with E-state index in [4.69, 9.17) is 4.42 Å². The summed E-state index contributed by atoms with van der Waals surface area (Å²) < 4.78 is 5.28. The van der Waals surface area contributed by atoms with Crippen molar-refractivity contribution in [1.82, 2.24) is 0 Å². The van der Waals surface area contributed by atoms with Crippen molar-refractivity contribution >= 4 is 22.5 Å². The zero-order valence-corrected chi connectivity index (χ0v) is 10.00. The van der Waals surface area contributed by atoms with Gasteiger partial charge in [-0.3, -0.25) is 9.59 Å². The van der Waals surface area contributed by atoms with Crippen LogP contribution in [-0.4, -0.2) is 11.6 Å². The fourth-order valence-corrected chi connectivity index (χ4v) is 2.00. The van der Waals surface area contributed by atoms with Crippen LogP contribution in [0.25, 0.3) is 11.0 Å². The Balaban J connectivity index is 2.03. The van der Waals surface area contributed by atoms with Gasteiger partial charge in [0.15, 0.2) is 0 Å². The summed E-state index contributed by atoms with van der Waals surface area (Å²) in [7, 11) is 0. The van der Waals surface area contributed by atoms with Gasteiger partial charge in [0.05, 0.1) is 5.56 Å². The van der Waals surface area contributed by atoms with Gasteiger partial charge in [0.25, 0.3) is 0 Å². The maximum absolute atomic E-state index is 12.2. The largest absolute Gasteiger partial charge is 0.464 e. The number of para-hydroxylation sites is 1. The highest BCUT2D eigenvalue weighted by Gasteiger charge is 2.21. The molecule has 19 heavy (non-hydrogen) atoms. The zero-order valence-electron chi connectivity index (χ0n) is 10.00. The molecule has 0 atom stereocenters. The summed E-state index contributed by atoms with van der Waals surface area (Å²) in [4.78, 5) is 24.3. The first-order chi connectivity index (χ1) is 9.27. The molecule has 3 aromatic rings. The number of carbonyl (C=O) groups is 2. The Kier molecular flexibility index (Phi) is 2.72. The SMILES string of the molecule is O=C(C(=O)c1coc2ccccc12)c1ccccc1. The first-order valence-electron chi connectivity index (χ1n) is 5.87. The van der Waals surface area contributed by atoms with Crippen LogP contribution in [-0.2, 0) is 0 Å². The average molecular weight is 250 g/mol. The number of ketones is 2. The van der Waals surface area contributed by atoms with Crippen LogP contribution >= 0.6 is 0 Å². The molecule has 92 valence electrons. The van der Waals surface area contributed by atoms with Crippen molar-refractivity contribution in [2.75, 3.05) is 0 Å². The van der Waals surface area contributed by atoms with Gasteiger partial charge < -0.3 is 4.42 Å². The maximum Gasteiger partial charge on any atom is 0.237 e. The molecule has 0 amide bonds. The smallest absolute Gasteiger partial charge is 0.237 e. The Morgan fingerprint density at radius 2 is 1.47 bits per heavy atom. The lowest BCUT2D eigenvalue weighted by molar-refractivity contribution is 0.0817. The van der Waals surface area contributed by atoms with E-state index in [1.54, 1.807) is 42.5 Å². The van der Waals surface area contributed by atoms with E-state index < -0.39 is 11.6 Å². The fraction of sp³-hybridized carbons (Fsp3) is 0. The molecule has 0 radical (unpaired) electrons. The quantitative estimate of drug-likeness (QED) is 0.528. The van der Waals surface area contributed by atoms with Gasteiger partial charge in [-0.15, -0.1) is 0 Å². The van der Waals surface area contributed by atoms with Gasteiger partial charge in [-0.25, -0.2) is 0 Å². The second kappa shape index (κ2) is 4.53. The summed E-state index contributed by atoms with van der Waals surface area (Å²) in [5.74, 6) is -1.07. The third-order valence-corrected chi connectivity index (χ3v) is 2.97. The molecule has 3 nitrogen and oxygen atoms in total. The molecule has 1 aromatic heterocycles. The number of hydrogen-bond donors (Lipinski definition) is 0. The monoisotopic (exact) mass is 250 g/mol. The Labute approximate surface area is 109 Å². The molecular weight excluding hydrogens is 240 g/mol. The molecule has 3 rings (SSSR count). The Bertz CT molecular complexity index is 754. The summed E-state index contributed by atoms with van der Waals surface area (Å²) in [6.07, 6.45) is 1.34. The normalized spacial score (nSPS) is 10.5. The molecule has 0 fully saturated rings. The minimum absolute atomic E-state index is 0.310. The highest BCUT2D eigenvalue weighted by atomic mass is 16.3. The molecule has 1 heterocycles. The standard InChI is InChI=1S/C16H10O3/c17-15(11-6-2-1-3-7-11)16(18)13-10-19-14-9-5-4-8-12(13)14/h1-10H. The van der Waals surface area contributed by atoms with Gasteiger partial charge >= 0.3 is 0 Å². The lowest BCUT2D eigenvalue weighted by Crippen LogP contribution is -2.13. The molecule has 0 aliphatic carbocycles. The average Bonchev–Trinajstić information content (AvgIpc) is 2.90. The van der Waals surface area contributed by atoms with Crippen LogP contribution in [0.15, 0.2) is 65.3 Å². The minimum Gasteiger partial charge on any atom is -0.464 e. The van der Waals surface area contributed by atoms with Gasteiger partial charge in [0.1, 0.15) is 11.8 Å². The number of carbonyl (C=O) groups excluding carboxylic acids is 2. The van der Waals surface area contributed by atoms with Gasteiger partial charge in [-0.2, -0.15) is 0 Å². The minimum atomic E-state index is -0.545. The molecular formula is C16H10O3. The number of Topliss-reactive ketones (excluding diaryl/α,β-unsaturated/α-hetero) is 2. The number of hydrogen-bond acceptors (Lipinski definition) is 3. The molecule has 0 spiro atoms. The molecule has 0 bridgehead atoms. The van der Waals surface area contributed by atoms with Crippen LogP contribution < -0.4 is 0 Å². The van der Waals surface area contributed by atoms with Crippen LogP contribution in [0.5, 0.6) is 0 Å². The second-order valence-corrected chi connectivity index (χ2v) is 4.17. The van der Waals surface area contributed by atoms with E-state index in [9.17, 15) is 9.59 Å². The van der Waals surface area contributed by atoms with Gasteiger partial charge in [0.2, 0.25) is 11.6 Å². The Morgan fingerprint density at radius 3 is 2.26 bits per heavy atom. The van der Waals surface area contributed by atoms with Crippen LogP contribution in [0.2, 0.25) is 0 Å². The highest BCUT2D eigenvalue weighted by Crippen LogP contribution is 2.22. The van der Waals surface area contributed by atoms with Crippen molar-refractivity contribution in [2.45, 2.75) is 0 Å². The summed E-state index contributed by atoms with van der Waals surface area (Å²) in [6.45, 7) is 0. The van der Waals surface area contributed by atoms with E-state index in [2.05, 4.69) is 0 Å². The number of benzene rings is 2. The molecule has 0 N–H and O–H groups in total.